The molecule has 0 aromatic heterocycles. The molecule has 1 aromatic rings. The van der Waals surface area contributed by atoms with E-state index in [9.17, 15) is 0 Å². The van der Waals surface area contributed by atoms with Crippen molar-refractivity contribution in [2.75, 3.05) is 18.4 Å². The quantitative estimate of drug-likeness (QED) is 0.617. The van der Waals surface area contributed by atoms with Gasteiger partial charge in [-0.1, -0.05) is 41.9 Å². The van der Waals surface area contributed by atoms with Gasteiger partial charge < -0.3 is 9.96 Å². The monoisotopic (exact) mass is 225 g/mol. The van der Waals surface area contributed by atoms with E-state index in [1.165, 1.54) is 16.8 Å². The van der Waals surface area contributed by atoms with Crippen molar-refractivity contribution in [3.8, 4) is 0 Å². The van der Waals surface area contributed by atoms with Crippen molar-refractivity contribution in [1.29, 1.82) is 0 Å². The summed E-state index contributed by atoms with van der Waals surface area (Å²) in [6.07, 6.45) is 6.61. The van der Waals surface area contributed by atoms with Gasteiger partial charge in [0.25, 0.3) is 6.85 Å². The van der Waals surface area contributed by atoms with Crippen LogP contribution in [0.4, 0.5) is 5.69 Å². The van der Waals surface area contributed by atoms with Crippen LogP contribution < -0.4 is 5.23 Å². The maximum atomic E-state index is 5.33. The Hall–Kier alpha value is -1.48. The largest absolute Gasteiger partial charge is 0.424 e. The van der Waals surface area contributed by atoms with Crippen LogP contribution in [0.2, 0.25) is 6.32 Å². The van der Waals surface area contributed by atoms with Crippen molar-refractivity contribution < 1.29 is 4.74 Å². The van der Waals surface area contributed by atoms with E-state index in [2.05, 4.69) is 47.6 Å². The Labute approximate surface area is 102 Å². The molecule has 0 spiro atoms. The number of nitrogens with one attached hydrogen (secondary N) is 1. The van der Waals surface area contributed by atoms with Gasteiger partial charge in [-0.3, -0.25) is 0 Å². The summed E-state index contributed by atoms with van der Waals surface area (Å²) in [5.74, 6) is 2.26. The molecule has 3 rings (SSSR count). The van der Waals surface area contributed by atoms with E-state index in [1.54, 1.807) is 0 Å². The Morgan fingerprint density at radius 1 is 1.29 bits per heavy atom. The molecular weight excluding hydrogens is 209 g/mol. The van der Waals surface area contributed by atoms with Crippen molar-refractivity contribution in [3.05, 3.63) is 47.5 Å². The molecule has 2 heterocycles. The van der Waals surface area contributed by atoms with Gasteiger partial charge in [0.1, 0.15) is 0 Å². The number of hydrogen-bond acceptors (Lipinski definition) is 2. The molecule has 1 aromatic carbocycles. The summed E-state index contributed by atoms with van der Waals surface area (Å²) in [6, 6.07) is 8.44. The predicted octanol–water partition coefficient (Wildman–Crippen LogP) is 3.00. The first kappa shape index (κ1) is 10.7. The van der Waals surface area contributed by atoms with Gasteiger partial charge in [-0.05, 0) is 24.4 Å². The van der Waals surface area contributed by atoms with Crippen LogP contribution in [0, 0.1) is 0 Å². The highest BCUT2D eigenvalue weighted by molar-refractivity contribution is 6.69. The smallest absolute Gasteiger partial charge is 0.282 e. The van der Waals surface area contributed by atoms with Crippen LogP contribution in [0.15, 0.2) is 41.9 Å². The van der Waals surface area contributed by atoms with Crippen LogP contribution in [0.5, 0.6) is 0 Å². The lowest BCUT2D eigenvalue weighted by atomic mass is 9.55. The molecule has 0 amide bonds. The number of hydrogen-bond donors (Lipinski definition) is 1. The molecule has 0 saturated carbocycles. The molecule has 0 radical (unpaired) electrons. The molecule has 2 nitrogen and oxygen atoms in total. The highest BCUT2D eigenvalue weighted by Gasteiger charge is 2.18. The number of benzene rings is 1. The maximum absolute atomic E-state index is 5.33. The molecule has 0 fully saturated rings. The fourth-order valence-corrected chi connectivity index (χ4v) is 2.39. The summed E-state index contributed by atoms with van der Waals surface area (Å²) < 4.78 is 5.33. The van der Waals surface area contributed by atoms with Gasteiger partial charge in [0.05, 0.1) is 13.2 Å². The average Bonchev–Trinajstić information content (AvgIpc) is 2.40. The third-order valence-corrected chi connectivity index (χ3v) is 3.35. The van der Waals surface area contributed by atoms with Gasteiger partial charge in [0.15, 0.2) is 0 Å². The second-order valence-corrected chi connectivity index (χ2v) is 4.59. The van der Waals surface area contributed by atoms with Gasteiger partial charge in [0, 0.05) is 5.69 Å². The number of ether oxygens (including phenoxy) is 1. The number of para-hydroxylation sites is 1. The fraction of sp³-hybridized carbons (Fsp3) is 0.286. The van der Waals surface area contributed by atoms with E-state index in [4.69, 9.17) is 4.74 Å². The van der Waals surface area contributed by atoms with E-state index in [0.29, 0.717) is 6.85 Å². The van der Waals surface area contributed by atoms with Crippen molar-refractivity contribution in [1.82, 2.24) is 0 Å². The lowest BCUT2D eigenvalue weighted by molar-refractivity contribution is 0.154. The molecule has 0 atom stereocenters. The predicted molar refractivity (Wildman–Crippen MR) is 73.2 cm³/mol. The Kier molecular flexibility index (Phi) is 3.01. The highest BCUT2D eigenvalue weighted by Crippen LogP contribution is 2.24. The third kappa shape index (κ3) is 2.45. The maximum Gasteiger partial charge on any atom is 0.282 e. The molecule has 0 aliphatic carbocycles. The van der Waals surface area contributed by atoms with Crippen LogP contribution in [0.1, 0.15) is 12.0 Å². The zero-order chi connectivity index (χ0) is 11.5. The Morgan fingerprint density at radius 2 is 2.24 bits per heavy atom. The summed E-state index contributed by atoms with van der Waals surface area (Å²) in [6.45, 7) is 2.08. The zero-order valence-electron chi connectivity index (χ0n) is 9.86. The van der Waals surface area contributed by atoms with Crippen molar-refractivity contribution in [2.24, 2.45) is 0 Å². The van der Waals surface area contributed by atoms with Crippen LogP contribution in [-0.2, 0) is 4.74 Å². The van der Waals surface area contributed by atoms with E-state index < -0.39 is 0 Å². The molecule has 86 valence electrons. The Bertz CT molecular complexity index is 467. The average molecular weight is 225 g/mol. The topological polar surface area (TPSA) is 21.3 Å². The summed E-state index contributed by atoms with van der Waals surface area (Å²) in [4.78, 5) is 0. The molecule has 3 heteroatoms. The van der Waals surface area contributed by atoms with Gasteiger partial charge in [-0.2, -0.15) is 0 Å². The van der Waals surface area contributed by atoms with Crippen molar-refractivity contribution in [2.45, 2.75) is 12.7 Å². The van der Waals surface area contributed by atoms with Gasteiger partial charge in [-0.25, -0.2) is 0 Å². The third-order valence-electron chi connectivity index (χ3n) is 3.35. The highest BCUT2D eigenvalue weighted by atomic mass is 16.5. The van der Waals surface area contributed by atoms with E-state index >= 15 is 0 Å². The molecule has 17 heavy (non-hydrogen) atoms. The van der Waals surface area contributed by atoms with E-state index in [1.807, 2.05) is 0 Å². The molecule has 0 saturated heterocycles. The van der Waals surface area contributed by atoms with Crippen LogP contribution in [0.25, 0.3) is 6.08 Å². The normalized spacial score (nSPS) is 18.4. The first-order chi connectivity index (χ1) is 8.42. The van der Waals surface area contributed by atoms with Gasteiger partial charge in [0.2, 0.25) is 0 Å². The first-order valence-corrected chi connectivity index (χ1v) is 6.21. The first-order valence-electron chi connectivity index (χ1n) is 6.21. The molecule has 0 unspecified atom stereocenters. The minimum absolute atomic E-state index is 0.425. The fourth-order valence-electron chi connectivity index (χ4n) is 2.39. The van der Waals surface area contributed by atoms with Gasteiger partial charge in [-0.15, -0.1) is 0 Å². The molecular formula is C14H16BNO. The minimum Gasteiger partial charge on any atom is -0.424 e. The standard InChI is InChI=1S/C14H16BNO/c1-2-4-14-13(3-1)5-8-15(16-14)11-12-6-9-17-10-7-12/h1-6,8,16H,7,9-11H2. The summed E-state index contributed by atoms with van der Waals surface area (Å²) in [5.41, 5.74) is 4.04. The molecule has 0 bridgehead atoms. The Balaban J connectivity index is 1.70. The van der Waals surface area contributed by atoms with Crippen LogP contribution in [0.3, 0.4) is 0 Å². The lowest BCUT2D eigenvalue weighted by Crippen LogP contribution is -2.26. The number of anilines is 1. The minimum atomic E-state index is 0.425. The summed E-state index contributed by atoms with van der Waals surface area (Å²) in [7, 11) is 0. The second kappa shape index (κ2) is 4.80. The number of fused-ring (bicyclic) bond motifs is 1. The van der Waals surface area contributed by atoms with E-state index in [-0.39, 0.29) is 0 Å². The zero-order valence-corrected chi connectivity index (χ0v) is 9.86. The second-order valence-electron chi connectivity index (χ2n) is 4.59. The van der Waals surface area contributed by atoms with E-state index in [0.717, 1.165) is 26.0 Å². The SMILES string of the molecule is C1=Cc2ccccc2NB1CC1=CCOCC1. The molecule has 2 aliphatic heterocycles. The van der Waals surface area contributed by atoms with Crippen LogP contribution >= 0.6 is 0 Å². The van der Waals surface area contributed by atoms with Crippen molar-refractivity contribution in [3.63, 3.8) is 0 Å². The van der Waals surface area contributed by atoms with Crippen LogP contribution in [-0.4, -0.2) is 20.1 Å². The summed E-state index contributed by atoms with van der Waals surface area (Å²) in [5, 5.41) is 3.58. The summed E-state index contributed by atoms with van der Waals surface area (Å²) >= 11 is 0. The number of rotatable bonds is 2. The Morgan fingerprint density at radius 3 is 3.12 bits per heavy atom. The molecule has 1 N–H and O–H groups in total. The lowest BCUT2D eigenvalue weighted by Gasteiger charge is -2.22. The van der Waals surface area contributed by atoms with Crippen molar-refractivity contribution >= 4 is 18.6 Å². The van der Waals surface area contributed by atoms with Gasteiger partial charge >= 0.3 is 0 Å². The molecule has 2 aliphatic rings.